The number of hydrazine groups is 1. The highest BCUT2D eigenvalue weighted by Gasteiger charge is 2.15. The molecule has 104 valence electrons. The lowest BCUT2D eigenvalue weighted by atomic mass is 10.1. The molecular weight excluding hydrogens is 252 g/mol. The van der Waals surface area contributed by atoms with Gasteiger partial charge in [-0.1, -0.05) is 17.7 Å². The Balaban J connectivity index is 2.27. The van der Waals surface area contributed by atoms with Crippen LogP contribution >= 0.6 is 0 Å². The van der Waals surface area contributed by atoms with Crippen LogP contribution in [0.5, 0.6) is 0 Å². The number of amides is 1. The number of carbonyl (C=O) groups is 1. The smallest absolute Gasteiger partial charge is 0.259 e. The quantitative estimate of drug-likeness (QED) is 0.663. The molecule has 1 amide bonds. The lowest BCUT2D eigenvalue weighted by molar-refractivity contribution is 0.0992. The third-order valence-electron chi connectivity index (χ3n) is 3.18. The number of anilines is 2. The Bertz CT molecular complexity index is 622. The molecule has 0 fully saturated rings. The van der Waals surface area contributed by atoms with Crippen LogP contribution in [0.1, 0.15) is 21.5 Å². The van der Waals surface area contributed by atoms with Crippen molar-refractivity contribution in [2.24, 2.45) is 5.84 Å². The summed E-state index contributed by atoms with van der Waals surface area (Å²) in [6.07, 6.45) is 1.51. The van der Waals surface area contributed by atoms with Gasteiger partial charge in [-0.25, -0.2) is 10.8 Å². The molecule has 1 aromatic carbocycles. The summed E-state index contributed by atoms with van der Waals surface area (Å²) in [6.45, 7) is 4.02. The standard InChI is InChI=1S/C15H18N4O/c1-10-4-6-13(11(2)8-10)19(3)15(20)12-5-7-14(18-16)17-9-12/h4-9H,16H2,1-3H3,(H,17,18). The summed E-state index contributed by atoms with van der Waals surface area (Å²) in [4.78, 5) is 18.1. The molecule has 20 heavy (non-hydrogen) atoms. The zero-order valence-corrected chi connectivity index (χ0v) is 11.8. The van der Waals surface area contributed by atoms with Crippen molar-refractivity contribution in [1.82, 2.24) is 4.98 Å². The second-order valence-corrected chi connectivity index (χ2v) is 4.73. The first-order valence-corrected chi connectivity index (χ1v) is 6.31. The largest absolute Gasteiger partial charge is 0.311 e. The molecule has 1 heterocycles. The van der Waals surface area contributed by atoms with Crippen LogP contribution in [0.25, 0.3) is 0 Å². The Morgan fingerprint density at radius 2 is 2.00 bits per heavy atom. The van der Waals surface area contributed by atoms with Gasteiger partial charge in [-0.05, 0) is 37.6 Å². The summed E-state index contributed by atoms with van der Waals surface area (Å²) < 4.78 is 0. The van der Waals surface area contributed by atoms with E-state index in [9.17, 15) is 4.79 Å². The van der Waals surface area contributed by atoms with Crippen molar-refractivity contribution in [1.29, 1.82) is 0 Å². The molecule has 2 aromatic rings. The number of carbonyl (C=O) groups excluding carboxylic acids is 1. The summed E-state index contributed by atoms with van der Waals surface area (Å²) in [5.41, 5.74) is 6.08. The molecule has 0 atom stereocenters. The molecule has 0 saturated heterocycles. The van der Waals surface area contributed by atoms with Gasteiger partial charge in [0.25, 0.3) is 5.91 Å². The van der Waals surface area contributed by atoms with Gasteiger partial charge in [-0.15, -0.1) is 0 Å². The second kappa shape index (κ2) is 5.71. The van der Waals surface area contributed by atoms with Gasteiger partial charge >= 0.3 is 0 Å². The molecule has 0 radical (unpaired) electrons. The Hall–Kier alpha value is -2.40. The number of benzene rings is 1. The highest BCUT2D eigenvalue weighted by atomic mass is 16.2. The number of rotatable bonds is 3. The van der Waals surface area contributed by atoms with Crippen LogP contribution in [-0.2, 0) is 0 Å². The van der Waals surface area contributed by atoms with Crippen LogP contribution in [0, 0.1) is 13.8 Å². The monoisotopic (exact) mass is 270 g/mol. The Labute approximate surface area is 118 Å². The van der Waals surface area contributed by atoms with E-state index in [1.807, 2.05) is 26.0 Å². The number of aryl methyl sites for hydroxylation is 2. The molecule has 0 spiro atoms. The minimum absolute atomic E-state index is 0.104. The first-order chi connectivity index (χ1) is 9.52. The number of nitrogens with one attached hydrogen (secondary N) is 1. The van der Waals surface area contributed by atoms with Gasteiger partial charge in [0.05, 0.1) is 5.56 Å². The molecule has 0 bridgehead atoms. The van der Waals surface area contributed by atoms with Gasteiger partial charge in [0.1, 0.15) is 5.82 Å². The molecule has 3 N–H and O–H groups in total. The summed E-state index contributed by atoms with van der Waals surface area (Å²) >= 11 is 0. The predicted molar refractivity (Wildman–Crippen MR) is 80.7 cm³/mol. The van der Waals surface area contributed by atoms with Gasteiger partial charge in [-0.3, -0.25) is 4.79 Å². The first kappa shape index (κ1) is 14.0. The molecule has 0 aliphatic carbocycles. The zero-order chi connectivity index (χ0) is 14.7. The number of hydrogen-bond donors (Lipinski definition) is 2. The number of nitrogens with two attached hydrogens (primary N) is 1. The van der Waals surface area contributed by atoms with E-state index in [0.29, 0.717) is 11.4 Å². The Morgan fingerprint density at radius 3 is 2.55 bits per heavy atom. The van der Waals surface area contributed by atoms with Crippen LogP contribution in [0.3, 0.4) is 0 Å². The maximum Gasteiger partial charge on any atom is 0.259 e. The van der Waals surface area contributed by atoms with Crippen LogP contribution in [0.2, 0.25) is 0 Å². The topological polar surface area (TPSA) is 71.2 Å². The van der Waals surface area contributed by atoms with Gasteiger partial charge in [0, 0.05) is 18.9 Å². The van der Waals surface area contributed by atoms with E-state index in [4.69, 9.17) is 5.84 Å². The van der Waals surface area contributed by atoms with E-state index >= 15 is 0 Å². The van der Waals surface area contributed by atoms with Crippen LogP contribution in [0.4, 0.5) is 11.5 Å². The lowest BCUT2D eigenvalue weighted by Gasteiger charge is -2.20. The number of aromatic nitrogens is 1. The SMILES string of the molecule is Cc1ccc(N(C)C(=O)c2ccc(NN)nc2)c(C)c1. The van der Waals surface area contributed by atoms with E-state index in [1.54, 1.807) is 24.1 Å². The second-order valence-electron chi connectivity index (χ2n) is 4.73. The van der Waals surface area contributed by atoms with Crippen molar-refractivity contribution in [2.75, 3.05) is 17.4 Å². The molecule has 0 unspecified atom stereocenters. The molecule has 5 nitrogen and oxygen atoms in total. The summed E-state index contributed by atoms with van der Waals surface area (Å²) in [5.74, 6) is 5.67. The highest BCUT2D eigenvalue weighted by Crippen LogP contribution is 2.21. The number of hydrogen-bond acceptors (Lipinski definition) is 4. The van der Waals surface area contributed by atoms with Crippen LogP contribution in [-0.4, -0.2) is 17.9 Å². The Morgan fingerprint density at radius 1 is 1.25 bits per heavy atom. The van der Waals surface area contributed by atoms with Crippen molar-refractivity contribution >= 4 is 17.4 Å². The van der Waals surface area contributed by atoms with Crippen molar-refractivity contribution in [3.63, 3.8) is 0 Å². The molecule has 5 heteroatoms. The fourth-order valence-electron chi connectivity index (χ4n) is 2.09. The van der Waals surface area contributed by atoms with Gasteiger partial charge in [-0.2, -0.15) is 0 Å². The van der Waals surface area contributed by atoms with Gasteiger partial charge in [0.2, 0.25) is 0 Å². The fourth-order valence-corrected chi connectivity index (χ4v) is 2.09. The molecule has 0 aliphatic heterocycles. The maximum absolute atomic E-state index is 12.4. The molecular formula is C15H18N4O. The van der Waals surface area contributed by atoms with E-state index < -0.39 is 0 Å². The van der Waals surface area contributed by atoms with E-state index in [-0.39, 0.29) is 5.91 Å². The summed E-state index contributed by atoms with van der Waals surface area (Å²) in [6, 6.07) is 9.37. The lowest BCUT2D eigenvalue weighted by Crippen LogP contribution is -2.27. The van der Waals surface area contributed by atoms with E-state index in [2.05, 4.69) is 16.5 Å². The molecule has 0 aliphatic rings. The van der Waals surface area contributed by atoms with E-state index in [0.717, 1.165) is 11.3 Å². The van der Waals surface area contributed by atoms with Crippen molar-refractivity contribution in [3.8, 4) is 0 Å². The average Bonchev–Trinajstić information content (AvgIpc) is 2.46. The van der Waals surface area contributed by atoms with Crippen LogP contribution in [0.15, 0.2) is 36.5 Å². The van der Waals surface area contributed by atoms with Crippen molar-refractivity contribution < 1.29 is 4.79 Å². The molecule has 2 rings (SSSR count). The zero-order valence-electron chi connectivity index (χ0n) is 11.8. The Kier molecular flexibility index (Phi) is 4.00. The van der Waals surface area contributed by atoms with E-state index in [1.165, 1.54) is 11.8 Å². The maximum atomic E-state index is 12.4. The van der Waals surface area contributed by atoms with Gasteiger partial charge < -0.3 is 10.3 Å². The number of pyridine rings is 1. The fraction of sp³-hybridized carbons (Fsp3) is 0.200. The van der Waals surface area contributed by atoms with Crippen molar-refractivity contribution in [3.05, 3.63) is 53.2 Å². The minimum Gasteiger partial charge on any atom is -0.311 e. The first-order valence-electron chi connectivity index (χ1n) is 6.31. The normalized spacial score (nSPS) is 10.2. The minimum atomic E-state index is -0.104. The third kappa shape index (κ3) is 2.78. The number of nitrogens with zero attached hydrogens (tertiary/aromatic N) is 2. The molecule has 1 aromatic heterocycles. The molecule has 0 saturated carbocycles. The van der Waals surface area contributed by atoms with Crippen molar-refractivity contribution in [2.45, 2.75) is 13.8 Å². The highest BCUT2D eigenvalue weighted by molar-refractivity contribution is 6.06. The summed E-state index contributed by atoms with van der Waals surface area (Å²) in [5, 5.41) is 0. The third-order valence-corrected chi connectivity index (χ3v) is 3.18. The number of nitrogen functional groups attached to an aromatic ring is 1. The predicted octanol–water partition coefficient (Wildman–Crippen LogP) is 2.26. The van der Waals surface area contributed by atoms with Crippen LogP contribution < -0.4 is 16.2 Å². The average molecular weight is 270 g/mol. The summed E-state index contributed by atoms with van der Waals surface area (Å²) in [7, 11) is 1.76. The van der Waals surface area contributed by atoms with Gasteiger partial charge in [0.15, 0.2) is 0 Å².